The van der Waals surface area contributed by atoms with Crippen LogP contribution < -0.4 is 0 Å². The van der Waals surface area contributed by atoms with E-state index in [1.807, 2.05) is 0 Å². The zero-order chi connectivity index (χ0) is 17.4. The smallest absolute Gasteiger partial charge is 0.0161 e. The molecule has 1 saturated heterocycles. The van der Waals surface area contributed by atoms with Crippen molar-refractivity contribution in [2.24, 2.45) is 0 Å². The minimum absolute atomic E-state index is 0.0148. The molecule has 2 aromatic rings. The lowest BCUT2D eigenvalue weighted by Crippen LogP contribution is -2.29. The normalized spacial score (nSPS) is 33.8. The maximum absolute atomic E-state index is 2.59. The van der Waals surface area contributed by atoms with Crippen LogP contribution in [0.2, 0.25) is 0 Å². The fourth-order valence-electron chi connectivity index (χ4n) is 5.96. The lowest BCUT2D eigenvalue weighted by molar-refractivity contribution is 0.526. The van der Waals surface area contributed by atoms with Gasteiger partial charge in [0, 0.05) is 11.3 Å². The minimum atomic E-state index is -0.0148. The van der Waals surface area contributed by atoms with Crippen molar-refractivity contribution in [2.45, 2.75) is 68.1 Å². The summed E-state index contributed by atoms with van der Waals surface area (Å²) >= 11 is 0. The van der Waals surface area contributed by atoms with Gasteiger partial charge in [-0.25, -0.2) is 0 Å². The molecule has 0 N–H and O–H groups in total. The van der Waals surface area contributed by atoms with Gasteiger partial charge in [-0.15, -0.1) is 0 Å². The van der Waals surface area contributed by atoms with Crippen molar-refractivity contribution >= 4 is 15.8 Å². The maximum atomic E-state index is 2.59. The van der Waals surface area contributed by atoms with E-state index in [1.165, 1.54) is 18.7 Å². The van der Waals surface area contributed by atoms with E-state index < -0.39 is 0 Å². The summed E-state index contributed by atoms with van der Waals surface area (Å²) in [6.07, 6.45) is 4.09. The standard InChI is InChI=1S/C23H28P2/c1-22(2)15-23(3,4)25-14-17-10-6-8-12-19(17)21(25)20-18-11-7-5-9-16(18)13-24(20)22/h5-12,20-21H,13-15H2,1-4H3/t20-,21-,24-,25+/m1/s1. The second-order valence-electron chi connectivity index (χ2n) is 9.34. The second kappa shape index (κ2) is 5.41. The Balaban J connectivity index is 1.75. The van der Waals surface area contributed by atoms with Crippen LogP contribution in [0.5, 0.6) is 0 Å². The van der Waals surface area contributed by atoms with Crippen molar-refractivity contribution < 1.29 is 0 Å². The summed E-state index contributed by atoms with van der Waals surface area (Å²) in [5.74, 6) is 0. The number of fused-ring (bicyclic) bond motifs is 7. The number of hydrogen-bond acceptors (Lipinski definition) is 0. The average Bonchev–Trinajstić information content (AvgIpc) is 3.10. The molecule has 0 spiro atoms. The molecule has 0 amide bonds. The van der Waals surface area contributed by atoms with Crippen LogP contribution in [-0.2, 0) is 12.3 Å². The zero-order valence-electron chi connectivity index (χ0n) is 15.8. The summed E-state index contributed by atoms with van der Waals surface area (Å²) in [5.41, 5.74) is 8.30. The quantitative estimate of drug-likeness (QED) is 0.426. The third-order valence-electron chi connectivity index (χ3n) is 6.82. The SMILES string of the molecule is CC1(C)CC(C)(C)[P@@]2Cc3ccccc3[C@@H]2[C@H]2c3ccccc3C[P@]21. The van der Waals surface area contributed by atoms with Gasteiger partial charge in [-0.05, 0) is 51.3 Å². The fourth-order valence-corrected chi connectivity index (χ4v) is 14.5. The van der Waals surface area contributed by atoms with Crippen molar-refractivity contribution in [3.05, 3.63) is 70.8 Å². The topological polar surface area (TPSA) is 0 Å². The van der Waals surface area contributed by atoms with Gasteiger partial charge in [0.25, 0.3) is 0 Å². The molecule has 130 valence electrons. The van der Waals surface area contributed by atoms with Crippen LogP contribution in [0.1, 0.15) is 67.7 Å². The van der Waals surface area contributed by atoms with Crippen LogP contribution in [-0.4, -0.2) is 10.3 Å². The molecule has 0 nitrogen and oxygen atoms in total. The van der Waals surface area contributed by atoms with E-state index in [0.29, 0.717) is 10.3 Å². The molecular formula is C23H28P2. The van der Waals surface area contributed by atoms with Crippen molar-refractivity contribution in [2.75, 3.05) is 0 Å². The van der Waals surface area contributed by atoms with E-state index >= 15 is 0 Å². The molecule has 3 aliphatic rings. The number of hydrogen-bond donors (Lipinski definition) is 0. The average molecular weight is 366 g/mol. The van der Waals surface area contributed by atoms with Crippen molar-refractivity contribution in [3.8, 4) is 0 Å². The summed E-state index contributed by atoms with van der Waals surface area (Å²) in [6, 6.07) is 18.8. The third kappa shape index (κ3) is 2.33. The highest BCUT2D eigenvalue weighted by molar-refractivity contribution is 7.64. The first-order valence-electron chi connectivity index (χ1n) is 9.58. The second-order valence-corrected chi connectivity index (χ2v) is 15.4. The molecule has 3 heterocycles. The van der Waals surface area contributed by atoms with Crippen molar-refractivity contribution in [3.63, 3.8) is 0 Å². The highest BCUT2D eigenvalue weighted by Gasteiger charge is 2.56. The largest absolute Gasteiger partial charge is 0.0877 e. The highest BCUT2D eigenvalue weighted by atomic mass is 31.1. The summed E-state index contributed by atoms with van der Waals surface area (Å²) in [7, 11) is -0.0296. The Morgan fingerprint density at radius 1 is 0.680 bits per heavy atom. The van der Waals surface area contributed by atoms with Gasteiger partial charge in [-0.1, -0.05) is 92.1 Å². The molecule has 0 radical (unpaired) electrons. The van der Waals surface area contributed by atoms with Gasteiger partial charge in [0.1, 0.15) is 0 Å². The van der Waals surface area contributed by atoms with Crippen LogP contribution in [0.25, 0.3) is 0 Å². The molecule has 2 aromatic carbocycles. The lowest BCUT2D eigenvalue weighted by atomic mass is 9.98. The molecule has 2 heteroatoms. The third-order valence-corrected chi connectivity index (χ3v) is 14.3. The Kier molecular flexibility index (Phi) is 3.56. The van der Waals surface area contributed by atoms with Gasteiger partial charge >= 0.3 is 0 Å². The molecule has 5 rings (SSSR count). The minimum Gasteiger partial charge on any atom is -0.0877 e. The molecule has 0 unspecified atom stereocenters. The predicted octanol–water partition coefficient (Wildman–Crippen LogP) is 7.42. The summed E-state index contributed by atoms with van der Waals surface area (Å²) in [6.45, 7) is 10.3. The Hall–Kier alpha value is -0.700. The first kappa shape index (κ1) is 16.5. The Morgan fingerprint density at radius 2 is 1.08 bits per heavy atom. The van der Waals surface area contributed by atoms with Crippen molar-refractivity contribution in [1.82, 2.24) is 0 Å². The monoisotopic (exact) mass is 366 g/mol. The maximum Gasteiger partial charge on any atom is 0.0161 e. The Labute approximate surface area is 154 Å². The summed E-state index contributed by atoms with van der Waals surface area (Å²) in [5, 5.41) is 0.953. The van der Waals surface area contributed by atoms with E-state index in [4.69, 9.17) is 0 Å². The van der Waals surface area contributed by atoms with Gasteiger partial charge in [-0.2, -0.15) is 0 Å². The predicted molar refractivity (Wildman–Crippen MR) is 112 cm³/mol. The Morgan fingerprint density at radius 3 is 1.52 bits per heavy atom. The van der Waals surface area contributed by atoms with Gasteiger partial charge in [-0.3, -0.25) is 0 Å². The van der Waals surface area contributed by atoms with Crippen LogP contribution in [0.15, 0.2) is 48.5 Å². The van der Waals surface area contributed by atoms with Gasteiger partial charge in [0.15, 0.2) is 0 Å². The van der Waals surface area contributed by atoms with E-state index in [2.05, 4.69) is 76.2 Å². The van der Waals surface area contributed by atoms with E-state index in [0.717, 1.165) is 11.3 Å². The molecule has 4 atom stereocenters. The molecule has 3 aliphatic heterocycles. The molecular weight excluding hydrogens is 338 g/mol. The molecule has 0 saturated carbocycles. The van der Waals surface area contributed by atoms with Gasteiger partial charge in [0.2, 0.25) is 0 Å². The molecule has 0 aromatic heterocycles. The molecule has 0 aliphatic carbocycles. The van der Waals surface area contributed by atoms with Crippen LogP contribution in [0.3, 0.4) is 0 Å². The summed E-state index contributed by atoms with van der Waals surface area (Å²) in [4.78, 5) is 0. The van der Waals surface area contributed by atoms with Gasteiger partial charge in [0.05, 0.1) is 0 Å². The summed E-state index contributed by atoms with van der Waals surface area (Å²) < 4.78 is 0. The number of benzene rings is 2. The van der Waals surface area contributed by atoms with E-state index in [9.17, 15) is 0 Å². The van der Waals surface area contributed by atoms with Gasteiger partial charge < -0.3 is 0 Å². The fraction of sp³-hybridized carbons (Fsp3) is 0.478. The lowest BCUT2D eigenvalue weighted by Gasteiger charge is -2.39. The van der Waals surface area contributed by atoms with E-state index in [-0.39, 0.29) is 15.8 Å². The highest BCUT2D eigenvalue weighted by Crippen LogP contribution is 2.85. The van der Waals surface area contributed by atoms with Crippen LogP contribution >= 0.6 is 15.8 Å². The zero-order valence-corrected chi connectivity index (χ0v) is 17.6. The number of rotatable bonds is 0. The molecule has 1 fully saturated rings. The first-order chi connectivity index (χ1) is 11.9. The van der Waals surface area contributed by atoms with Crippen LogP contribution in [0.4, 0.5) is 0 Å². The van der Waals surface area contributed by atoms with E-state index in [1.54, 1.807) is 22.3 Å². The Bertz CT molecular complexity index is 766. The molecule has 25 heavy (non-hydrogen) atoms. The van der Waals surface area contributed by atoms with Crippen LogP contribution in [0, 0.1) is 0 Å². The van der Waals surface area contributed by atoms with Crippen molar-refractivity contribution in [1.29, 1.82) is 0 Å². The molecule has 0 bridgehead atoms. The first-order valence-corrected chi connectivity index (χ1v) is 12.8.